The van der Waals surface area contributed by atoms with Crippen molar-refractivity contribution < 1.29 is 17.9 Å². The van der Waals surface area contributed by atoms with E-state index in [1.165, 1.54) is 12.1 Å². The maximum atomic E-state index is 13.1. The second-order valence-electron chi connectivity index (χ2n) is 6.69. The summed E-state index contributed by atoms with van der Waals surface area (Å²) in [5.41, 5.74) is 1.91. The molecule has 1 fully saturated rings. The minimum atomic E-state index is -3.55. The smallest absolute Gasteiger partial charge is 0.289 e. The van der Waals surface area contributed by atoms with Gasteiger partial charge in [0.25, 0.3) is 5.91 Å². The first-order valence-electron chi connectivity index (χ1n) is 9.20. The molecule has 4 rings (SSSR count). The predicted molar refractivity (Wildman–Crippen MR) is 108 cm³/mol. The molecule has 3 aromatic heterocycles. The topological polar surface area (TPSA) is 111 Å². The highest BCUT2D eigenvalue weighted by Gasteiger charge is 2.35. The second kappa shape index (κ2) is 7.84. The van der Waals surface area contributed by atoms with Gasteiger partial charge in [-0.1, -0.05) is 6.07 Å². The Morgan fingerprint density at radius 2 is 1.97 bits per heavy atom. The van der Waals surface area contributed by atoms with Crippen molar-refractivity contribution in [2.45, 2.75) is 6.42 Å². The van der Waals surface area contributed by atoms with E-state index >= 15 is 0 Å². The van der Waals surface area contributed by atoms with Crippen LogP contribution in [0.25, 0.3) is 17.1 Å². The molecule has 0 spiro atoms. The Labute approximate surface area is 173 Å². The number of rotatable bonds is 5. The van der Waals surface area contributed by atoms with E-state index in [-0.39, 0.29) is 12.2 Å². The predicted octanol–water partition coefficient (Wildman–Crippen LogP) is 1.36. The van der Waals surface area contributed by atoms with Crippen LogP contribution in [0.15, 0.2) is 48.8 Å². The number of aromatic nitrogens is 4. The molecule has 11 heteroatoms. The molecule has 10 nitrogen and oxygen atoms in total. The van der Waals surface area contributed by atoms with Crippen LogP contribution < -0.4 is 4.74 Å². The molecular weight excluding hydrogens is 408 g/mol. The van der Waals surface area contributed by atoms with Gasteiger partial charge in [-0.15, -0.1) is 4.41 Å². The second-order valence-corrected chi connectivity index (χ2v) is 8.58. The van der Waals surface area contributed by atoms with E-state index in [2.05, 4.69) is 15.1 Å². The van der Waals surface area contributed by atoms with E-state index in [0.29, 0.717) is 35.9 Å². The third-order valence-corrected chi connectivity index (χ3v) is 5.78. The Morgan fingerprint density at radius 3 is 2.60 bits per heavy atom. The van der Waals surface area contributed by atoms with Crippen LogP contribution in [0, 0.1) is 0 Å². The van der Waals surface area contributed by atoms with Crippen LogP contribution in [0.3, 0.4) is 0 Å². The van der Waals surface area contributed by atoms with E-state index in [0.717, 1.165) is 10.7 Å². The van der Waals surface area contributed by atoms with Crippen molar-refractivity contribution in [3.8, 4) is 23.0 Å². The number of hydrogen-bond donors (Lipinski definition) is 0. The van der Waals surface area contributed by atoms with Crippen LogP contribution in [-0.4, -0.2) is 70.0 Å². The van der Waals surface area contributed by atoms with Gasteiger partial charge in [-0.25, -0.2) is 18.1 Å². The van der Waals surface area contributed by atoms with Crippen LogP contribution >= 0.6 is 0 Å². The van der Waals surface area contributed by atoms with Gasteiger partial charge in [0.15, 0.2) is 5.69 Å². The van der Waals surface area contributed by atoms with E-state index in [1.807, 2.05) is 6.07 Å². The van der Waals surface area contributed by atoms with Gasteiger partial charge < -0.3 is 4.74 Å². The minimum Gasteiger partial charge on any atom is -0.481 e. The van der Waals surface area contributed by atoms with E-state index < -0.39 is 15.9 Å². The van der Waals surface area contributed by atoms with Gasteiger partial charge in [0, 0.05) is 25.4 Å². The van der Waals surface area contributed by atoms with Gasteiger partial charge >= 0.3 is 0 Å². The molecule has 3 aromatic rings. The maximum absolute atomic E-state index is 13.1. The van der Waals surface area contributed by atoms with Gasteiger partial charge in [-0.2, -0.15) is 5.10 Å². The Morgan fingerprint density at radius 1 is 1.13 bits per heavy atom. The van der Waals surface area contributed by atoms with E-state index in [4.69, 9.17) is 4.74 Å². The highest BCUT2D eigenvalue weighted by molar-refractivity contribution is 7.88. The first-order valence-corrected chi connectivity index (χ1v) is 11.0. The summed E-state index contributed by atoms with van der Waals surface area (Å²) in [5.74, 6) is -0.0437. The Balaban J connectivity index is 1.78. The number of ether oxygens (including phenoxy) is 1. The molecule has 1 saturated heterocycles. The minimum absolute atomic E-state index is 0.113. The summed E-state index contributed by atoms with van der Waals surface area (Å²) in [5, 5.41) is 5.68. The standard InChI is InChI=1S/C19H20N6O4S/c1-29-18-8-7-14(13-21-18)25-17(15-6-3-4-9-20-15)12-16(22-25)19(26)23-10-5-11-24(23)30(2,27)28/h3-4,6-9,12-13H,5,10-11H2,1-2H3. The molecule has 4 heterocycles. The summed E-state index contributed by atoms with van der Waals surface area (Å²) >= 11 is 0. The lowest BCUT2D eigenvalue weighted by Gasteiger charge is -2.24. The number of carbonyl (C=O) groups is 1. The quantitative estimate of drug-likeness (QED) is 0.603. The molecule has 1 aliphatic rings. The average molecular weight is 428 g/mol. The number of nitrogens with zero attached hydrogens (tertiary/aromatic N) is 6. The molecule has 30 heavy (non-hydrogen) atoms. The molecule has 1 amide bonds. The SMILES string of the molecule is COc1ccc(-n2nc(C(=O)N3CCCN3S(C)(=O)=O)cc2-c2ccccn2)cn1. The van der Waals surface area contributed by atoms with E-state index in [9.17, 15) is 13.2 Å². The third kappa shape index (κ3) is 3.76. The zero-order chi connectivity index (χ0) is 21.3. The fraction of sp³-hybridized carbons (Fsp3) is 0.263. The largest absolute Gasteiger partial charge is 0.481 e. The molecule has 0 atom stereocenters. The summed E-state index contributed by atoms with van der Waals surface area (Å²) in [6, 6.07) is 10.5. The van der Waals surface area contributed by atoms with E-state index in [1.54, 1.807) is 47.4 Å². The van der Waals surface area contributed by atoms with Crippen LogP contribution in [0.2, 0.25) is 0 Å². The normalized spacial score (nSPS) is 14.8. The summed E-state index contributed by atoms with van der Waals surface area (Å²) < 4.78 is 31.8. The van der Waals surface area contributed by atoms with Crippen LogP contribution in [0.1, 0.15) is 16.9 Å². The number of hydrogen-bond acceptors (Lipinski definition) is 7. The van der Waals surface area contributed by atoms with Crippen LogP contribution in [0.5, 0.6) is 5.88 Å². The summed E-state index contributed by atoms with van der Waals surface area (Å²) in [7, 11) is -2.03. The molecule has 0 N–H and O–H groups in total. The third-order valence-electron chi connectivity index (χ3n) is 4.64. The molecule has 0 aromatic carbocycles. The molecule has 0 saturated carbocycles. The summed E-state index contributed by atoms with van der Waals surface area (Å²) in [4.78, 5) is 21.7. The van der Waals surface area contributed by atoms with Gasteiger partial charge in [0.1, 0.15) is 0 Å². The van der Waals surface area contributed by atoms with Crippen LogP contribution in [-0.2, 0) is 10.0 Å². The van der Waals surface area contributed by atoms with Gasteiger partial charge in [-0.05, 0) is 30.7 Å². The molecule has 0 aliphatic carbocycles. The number of methoxy groups -OCH3 is 1. The molecule has 0 unspecified atom stereocenters. The van der Waals surface area contributed by atoms with Crippen LogP contribution in [0.4, 0.5) is 0 Å². The lowest BCUT2D eigenvalue weighted by atomic mass is 10.2. The van der Waals surface area contributed by atoms with Crippen molar-refractivity contribution in [1.82, 2.24) is 29.2 Å². The van der Waals surface area contributed by atoms with Crippen molar-refractivity contribution in [2.24, 2.45) is 0 Å². The van der Waals surface area contributed by atoms with Gasteiger partial charge in [0.2, 0.25) is 15.9 Å². The zero-order valence-electron chi connectivity index (χ0n) is 16.5. The fourth-order valence-electron chi connectivity index (χ4n) is 3.27. The number of sulfonamides is 1. The average Bonchev–Trinajstić information content (AvgIpc) is 3.42. The summed E-state index contributed by atoms with van der Waals surface area (Å²) in [6.07, 6.45) is 4.87. The van der Waals surface area contributed by atoms with Crippen molar-refractivity contribution in [3.05, 3.63) is 54.5 Å². The first-order chi connectivity index (χ1) is 14.4. The Kier molecular flexibility index (Phi) is 5.22. The lowest BCUT2D eigenvalue weighted by Crippen LogP contribution is -2.44. The van der Waals surface area contributed by atoms with Crippen molar-refractivity contribution in [1.29, 1.82) is 0 Å². The summed E-state index contributed by atoms with van der Waals surface area (Å²) in [6.45, 7) is 0.572. The maximum Gasteiger partial charge on any atom is 0.289 e. The number of pyridine rings is 2. The van der Waals surface area contributed by atoms with Crippen molar-refractivity contribution >= 4 is 15.9 Å². The first kappa shape index (κ1) is 20.0. The zero-order valence-corrected chi connectivity index (χ0v) is 17.3. The number of carbonyl (C=O) groups excluding carboxylic acids is 1. The highest BCUT2D eigenvalue weighted by atomic mass is 32.2. The number of hydrazine groups is 1. The van der Waals surface area contributed by atoms with Gasteiger partial charge in [-0.3, -0.25) is 14.8 Å². The molecule has 0 radical (unpaired) electrons. The molecule has 1 aliphatic heterocycles. The molecular formula is C19H20N6O4S. The monoisotopic (exact) mass is 428 g/mol. The van der Waals surface area contributed by atoms with Crippen molar-refractivity contribution in [3.63, 3.8) is 0 Å². The fourth-order valence-corrected chi connectivity index (χ4v) is 4.24. The van der Waals surface area contributed by atoms with Gasteiger partial charge in [0.05, 0.1) is 36.6 Å². The van der Waals surface area contributed by atoms with Crippen molar-refractivity contribution in [2.75, 3.05) is 26.5 Å². The highest BCUT2D eigenvalue weighted by Crippen LogP contribution is 2.25. The Hall–Kier alpha value is -3.31. The molecule has 0 bridgehead atoms. The molecule has 156 valence electrons. The number of amides is 1. The lowest BCUT2D eigenvalue weighted by molar-refractivity contribution is 0.0526. The Bertz CT molecular complexity index is 1160.